The molecule has 0 atom stereocenters. The van der Waals surface area contributed by atoms with E-state index in [4.69, 9.17) is 0 Å². The molecule has 1 aromatic rings. The fraction of sp³-hybridized carbons (Fsp3) is 0.583. The Kier molecular flexibility index (Phi) is 3.31. The van der Waals surface area contributed by atoms with Crippen LogP contribution in [0.25, 0.3) is 0 Å². The van der Waals surface area contributed by atoms with Crippen molar-refractivity contribution in [3.05, 3.63) is 22.8 Å². The summed E-state index contributed by atoms with van der Waals surface area (Å²) < 4.78 is 1.04. The number of nitrogens with zero attached hydrogens (tertiary/aromatic N) is 3. The third-order valence-corrected chi connectivity index (χ3v) is 4.04. The highest BCUT2D eigenvalue weighted by Crippen LogP contribution is 2.23. The zero-order valence-corrected chi connectivity index (χ0v) is 11.4. The lowest BCUT2D eigenvalue weighted by Gasteiger charge is -2.47. The third kappa shape index (κ3) is 2.46. The van der Waals surface area contributed by atoms with Gasteiger partial charge >= 0.3 is 0 Å². The fourth-order valence-corrected chi connectivity index (χ4v) is 2.71. The van der Waals surface area contributed by atoms with Gasteiger partial charge in [0.2, 0.25) is 0 Å². The summed E-state index contributed by atoms with van der Waals surface area (Å²) in [4.78, 5) is 9.36. The zero-order chi connectivity index (χ0) is 11.7. The molecule has 0 spiro atoms. The summed E-state index contributed by atoms with van der Waals surface area (Å²) in [5.74, 6) is 1.10. The molecule has 0 bridgehead atoms. The normalized spacial score (nSPS) is 22.5. The smallest absolute Gasteiger partial charge is 0.128 e. The van der Waals surface area contributed by atoms with Gasteiger partial charge in [-0.25, -0.2) is 4.98 Å². The van der Waals surface area contributed by atoms with Crippen LogP contribution in [-0.2, 0) is 0 Å². The van der Waals surface area contributed by atoms with Gasteiger partial charge in [-0.15, -0.1) is 0 Å². The average Bonchev–Trinajstić information content (AvgIpc) is 2.31. The van der Waals surface area contributed by atoms with Gasteiger partial charge < -0.3 is 10.2 Å². The number of anilines is 1. The molecule has 92 valence electrons. The molecule has 2 saturated heterocycles. The van der Waals surface area contributed by atoms with Crippen molar-refractivity contribution in [2.75, 3.05) is 44.2 Å². The topological polar surface area (TPSA) is 31.4 Å². The second kappa shape index (κ2) is 4.92. The Bertz CT molecular complexity index is 369. The number of rotatable bonds is 2. The SMILES string of the molecule is Brc1ccc(N2CC(N3CCNCC3)C2)nc1. The van der Waals surface area contributed by atoms with Crippen LogP contribution in [0.4, 0.5) is 5.82 Å². The monoisotopic (exact) mass is 296 g/mol. The highest BCUT2D eigenvalue weighted by molar-refractivity contribution is 9.10. The first-order valence-corrected chi connectivity index (χ1v) is 6.93. The predicted octanol–water partition coefficient (Wildman–Crippen LogP) is 0.938. The molecule has 1 aromatic heterocycles. The lowest BCUT2D eigenvalue weighted by Crippen LogP contribution is -2.63. The fourth-order valence-electron chi connectivity index (χ4n) is 2.48. The molecule has 4 nitrogen and oxygen atoms in total. The molecule has 0 radical (unpaired) electrons. The maximum Gasteiger partial charge on any atom is 0.128 e. The number of nitrogens with one attached hydrogen (secondary N) is 1. The molecule has 0 amide bonds. The Hall–Kier alpha value is -0.650. The van der Waals surface area contributed by atoms with Crippen LogP contribution in [0.2, 0.25) is 0 Å². The highest BCUT2D eigenvalue weighted by atomic mass is 79.9. The van der Waals surface area contributed by atoms with Crippen molar-refractivity contribution >= 4 is 21.7 Å². The predicted molar refractivity (Wildman–Crippen MR) is 72.4 cm³/mol. The van der Waals surface area contributed by atoms with E-state index in [0.29, 0.717) is 0 Å². The van der Waals surface area contributed by atoms with Gasteiger partial charge in [0.15, 0.2) is 0 Å². The summed E-state index contributed by atoms with van der Waals surface area (Å²) in [6.07, 6.45) is 1.87. The molecule has 0 saturated carbocycles. The van der Waals surface area contributed by atoms with Crippen LogP contribution in [0.15, 0.2) is 22.8 Å². The van der Waals surface area contributed by atoms with Crippen LogP contribution >= 0.6 is 15.9 Å². The van der Waals surface area contributed by atoms with E-state index in [-0.39, 0.29) is 0 Å². The molecule has 5 heteroatoms. The maximum absolute atomic E-state index is 4.43. The van der Waals surface area contributed by atoms with Crippen molar-refractivity contribution in [1.82, 2.24) is 15.2 Å². The van der Waals surface area contributed by atoms with Crippen molar-refractivity contribution in [3.8, 4) is 0 Å². The summed E-state index contributed by atoms with van der Waals surface area (Å²) in [6, 6.07) is 4.86. The minimum atomic E-state index is 0.725. The second-order valence-electron chi connectivity index (χ2n) is 4.68. The van der Waals surface area contributed by atoms with Crippen LogP contribution in [0, 0.1) is 0 Å². The molecule has 0 unspecified atom stereocenters. The van der Waals surface area contributed by atoms with Crippen LogP contribution in [0.5, 0.6) is 0 Å². The minimum absolute atomic E-state index is 0.725. The Morgan fingerprint density at radius 1 is 1.24 bits per heavy atom. The van der Waals surface area contributed by atoms with Crippen LogP contribution in [-0.4, -0.2) is 55.2 Å². The van der Waals surface area contributed by atoms with E-state index in [0.717, 1.165) is 42.5 Å². The Labute approximate surface area is 110 Å². The van der Waals surface area contributed by atoms with E-state index < -0.39 is 0 Å². The number of halogens is 1. The summed E-state index contributed by atoms with van der Waals surface area (Å²) in [7, 11) is 0. The summed E-state index contributed by atoms with van der Waals surface area (Å²) in [6.45, 7) is 6.88. The van der Waals surface area contributed by atoms with E-state index in [1.54, 1.807) is 0 Å². The number of aromatic nitrogens is 1. The summed E-state index contributed by atoms with van der Waals surface area (Å²) in [5, 5.41) is 3.39. The summed E-state index contributed by atoms with van der Waals surface area (Å²) in [5.41, 5.74) is 0. The molecule has 0 aromatic carbocycles. The largest absolute Gasteiger partial charge is 0.353 e. The van der Waals surface area contributed by atoms with Gasteiger partial charge in [-0.05, 0) is 28.1 Å². The first-order chi connectivity index (χ1) is 8.33. The van der Waals surface area contributed by atoms with Crippen LogP contribution < -0.4 is 10.2 Å². The molecule has 2 aliphatic rings. The van der Waals surface area contributed by atoms with E-state index >= 15 is 0 Å². The quantitative estimate of drug-likeness (QED) is 0.880. The minimum Gasteiger partial charge on any atom is -0.353 e. The number of pyridine rings is 1. The van der Waals surface area contributed by atoms with Gasteiger partial charge in [0, 0.05) is 56.0 Å². The molecule has 2 fully saturated rings. The second-order valence-corrected chi connectivity index (χ2v) is 5.60. The van der Waals surface area contributed by atoms with Crippen LogP contribution in [0.3, 0.4) is 0 Å². The number of piperazine rings is 1. The molecule has 3 heterocycles. The molecular formula is C12H17BrN4. The Balaban J connectivity index is 1.55. The molecule has 17 heavy (non-hydrogen) atoms. The van der Waals surface area contributed by atoms with E-state index in [2.05, 4.69) is 48.2 Å². The van der Waals surface area contributed by atoms with Crippen molar-refractivity contribution in [2.45, 2.75) is 6.04 Å². The van der Waals surface area contributed by atoms with Crippen LogP contribution in [0.1, 0.15) is 0 Å². The van der Waals surface area contributed by atoms with Gasteiger partial charge in [0.1, 0.15) is 5.82 Å². The van der Waals surface area contributed by atoms with Gasteiger partial charge in [-0.2, -0.15) is 0 Å². The van der Waals surface area contributed by atoms with Crippen molar-refractivity contribution in [3.63, 3.8) is 0 Å². The maximum atomic E-state index is 4.43. The van der Waals surface area contributed by atoms with Gasteiger partial charge in [0.25, 0.3) is 0 Å². The first-order valence-electron chi connectivity index (χ1n) is 6.14. The van der Waals surface area contributed by atoms with Crippen molar-refractivity contribution in [2.24, 2.45) is 0 Å². The van der Waals surface area contributed by atoms with Crippen molar-refractivity contribution in [1.29, 1.82) is 0 Å². The Morgan fingerprint density at radius 2 is 2.00 bits per heavy atom. The number of hydrogen-bond acceptors (Lipinski definition) is 4. The molecule has 0 aliphatic carbocycles. The molecule has 3 rings (SSSR count). The first kappa shape index (κ1) is 11.4. The molecular weight excluding hydrogens is 280 g/mol. The van der Waals surface area contributed by atoms with Gasteiger partial charge in [-0.1, -0.05) is 0 Å². The highest BCUT2D eigenvalue weighted by Gasteiger charge is 2.32. The number of hydrogen-bond donors (Lipinski definition) is 1. The van der Waals surface area contributed by atoms with E-state index in [1.807, 2.05) is 6.20 Å². The lowest BCUT2D eigenvalue weighted by molar-refractivity contribution is 0.147. The van der Waals surface area contributed by atoms with Gasteiger partial charge in [0.05, 0.1) is 0 Å². The third-order valence-electron chi connectivity index (χ3n) is 3.57. The van der Waals surface area contributed by atoms with E-state index in [1.165, 1.54) is 13.1 Å². The lowest BCUT2D eigenvalue weighted by atomic mass is 10.1. The zero-order valence-electron chi connectivity index (χ0n) is 9.77. The van der Waals surface area contributed by atoms with Gasteiger partial charge in [-0.3, -0.25) is 4.90 Å². The molecule has 2 aliphatic heterocycles. The Morgan fingerprint density at radius 3 is 2.65 bits per heavy atom. The van der Waals surface area contributed by atoms with E-state index in [9.17, 15) is 0 Å². The van der Waals surface area contributed by atoms with Crippen molar-refractivity contribution < 1.29 is 0 Å². The summed E-state index contributed by atoms with van der Waals surface area (Å²) >= 11 is 3.41. The average molecular weight is 297 g/mol. The standard InChI is InChI=1S/C12H17BrN4/c13-10-1-2-12(15-7-10)17-8-11(9-17)16-5-3-14-4-6-16/h1-2,7,11,14H,3-6,8-9H2. The molecule has 1 N–H and O–H groups in total.